The molecule has 0 aromatic rings. The Morgan fingerprint density at radius 1 is 1.58 bits per heavy atom. The van der Waals surface area contributed by atoms with Crippen LogP contribution in [0.25, 0.3) is 0 Å². The second-order valence-corrected chi connectivity index (χ2v) is 3.88. The Hall–Kier alpha value is -0.490. The van der Waals surface area contributed by atoms with Crippen LogP contribution >= 0.6 is 15.9 Å². The predicted octanol–water partition coefficient (Wildman–Crippen LogP) is 1.65. The van der Waals surface area contributed by atoms with Crippen molar-refractivity contribution in [1.29, 1.82) is 0 Å². The number of carbonyl (C=O) groups is 1. The maximum Gasteiger partial charge on any atom is 0.297 e. The normalized spacial score (nSPS) is 18.0. The second kappa shape index (κ2) is 3.49. The summed E-state index contributed by atoms with van der Waals surface area (Å²) < 4.78 is 0. The lowest BCUT2D eigenvalue weighted by atomic mass is 10.0. The van der Waals surface area contributed by atoms with Crippen molar-refractivity contribution in [3.63, 3.8) is 0 Å². The Kier molecular flexibility index (Phi) is 2.79. The van der Waals surface area contributed by atoms with Crippen molar-refractivity contribution in [2.45, 2.75) is 32.2 Å². The minimum atomic E-state index is -0.182. The Morgan fingerprint density at radius 3 is 2.50 bits per heavy atom. The van der Waals surface area contributed by atoms with E-state index in [1.54, 1.807) is 0 Å². The van der Waals surface area contributed by atoms with E-state index < -0.39 is 0 Å². The summed E-state index contributed by atoms with van der Waals surface area (Å²) in [5.74, 6) is 2.73. The summed E-state index contributed by atoms with van der Waals surface area (Å²) in [5.41, 5.74) is 0.0495. The predicted molar refractivity (Wildman–Crippen MR) is 51.6 cm³/mol. The standard InChI is InChI=1S/C9H12BrNO/c1-7(2)9(4-5-9)11-8(12)3-6-10/h7H,4-5H2,1-2H3,(H,11,12). The maximum atomic E-state index is 11.1. The van der Waals surface area contributed by atoms with Crippen LogP contribution in [0.2, 0.25) is 0 Å². The van der Waals surface area contributed by atoms with Crippen LogP contribution in [-0.4, -0.2) is 11.4 Å². The zero-order valence-corrected chi connectivity index (χ0v) is 8.86. The number of hydrogen-bond acceptors (Lipinski definition) is 1. The van der Waals surface area contributed by atoms with Gasteiger partial charge in [-0.1, -0.05) is 13.8 Å². The number of carbonyl (C=O) groups excluding carboxylic acids is 1. The highest BCUT2D eigenvalue weighted by atomic mass is 79.9. The fraction of sp³-hybridized carbons (Fsp3) is 0.667. The molecule has 1 fully saturated rings. The summed E-state index contributed by atoms with van der Waals surface area (Å²) in [4.78, 5) is 13.5. The first-order chi connectivity index (χ1) is 5.60. The fourth-order valence-electron chi connectivity index (χ4n) is 1.28. The molecule has 3 heteroatoms. The van der Waals surface area contributed by atoms with Gasteiger partial charge in [-0.2, -0.15) is 0 Å². The minimum Gasteiger partial charge on any atom is -0.340 e. The molecule has 2 nitrogen and oxygen atoms in total. The number of halogens is 1. The van der Waals surface area contributed by atoms with Crippen molar-refractivity contribution in [1.82, 2.24) is 5.32 Å². The van der Waals surface area contributed by atoms with Crippen LogP contribution in [0.15, 0.2) is 0 Å². The largest absolute Gasteiger partial charge is 0.340 e. The van der Waals surface area contributed by atoms with Gasteiger partial charge >= 0.3 is 0 Å². The quantitative estimate of drug-likeness (QED) is 0.718. The SMILES string of the molecule is CC(C)C1(NC(=O)C#CBr)CC1. The van der Waals surface area contributed by atoms with Crippen LogP contribution in [0, 0.1) is 16.7 Å². The Bertz CT molecular complexity index is 245. The van der Waals surface area contributed by atoms with Gasteiger partial charge in [0.05, 0.1) is 0 Å². The van der Waals surface area contributed by atoms with Crippen LogP contribution < -0.4 is 5.32 Å². The first-order valence-corrected chi connectivity index (χ1v) is 4.84. The summed E-state index contributed by atoms with van der Waals surface area (Å²) in [6.45, 7) is 4.24. The van der Waals surface area contributed by atoms with Crippen molar-refractivity contribution >= 4 is 21.8 Å². The minimum absolute atomic E-state index is 0.0495. The van der Waals surface area contributed by atoms with Crippen LogP contribution in [-0.2, 0) is 4.79 Å². The molecular weight excluding hydrogens is 218 g/mol. The summed E-state index contributed by atoms with van der Waals surface area (Å²) in [7, 11) is 0. The van der Waals surface area contributed by atoms with Crippen molar-refractivity contribution < 1.29 is 4.79 Å². The van der Waals surface area contributed by atoms with Gasteiger partial charge in [0.25, 0.3) is 5.91 Å². The molecule has 0 spiro atoms. The van der Waals surface area contributed by atoms with E-state index in [-0.39, 0.29) is 11.4 Å². The lowest BCUT2D eigenvalue weighted by molar-refractivity contribution is -0.116. The first kappa shape index (κ1) is 9.60. The topological polar surface area (TPSA) is 29.1 Å². The van der Waals surface area contributed by atoms with E-state index in [4.69, 9.17) is 0 Å². The molecule has 0 unspecified atom stereocenters. The molecule has 0 aliphatic heterocycles. The van der Waals surface area contributed by atoms with Gasteiger partial charge in [0.1, 0.15) is 0 Å². The van der Waals surface area contributed by atoms with Gasteiger partial charge in [0, 0.05) is 27.4 Å². The molecule has 0 aromatic carbocycles. The molecule has 0 atom stereocenters. The van der Waals surface area contributed by atoms with E-state index in [0.717, 1.165) is 12.8 Å². The molecule has 12 heavy (non-hydrogen) atoms. The highest BCUT2D eigenvalue weighted by Crippen LogP contribution is 2.41. The van der Waals surface area contributed by atoms with E-state index >= 15 is 0 Å². The molecule has 1 aliphatic rings. The molecule has 66 valence electrons. The summed E-state index contributed by atoms with van der Waals surface area (Å²) >= 11 is 2.89. The fourth-order valence-corrected chi connectivity index (χ4v) is 1.46. The molecule has 0 radical (unpaired) electrons. The third-order valence-corrected chi connectivity index (χ3v) is 2.62. The van der Waals surface area contributed by atoms with E-state index in [9.17, 15) is 4.79 Å². The van der Waals surface area contributed by atoms with E-state index in [1.807, 2.05) is 0 Å². The van der Waals surface area contributed by atoms with Crippen molar-refractivity contribution in [2.24, 2.45) is 5.92 Å². The van der Waals surface area contributed by atoms with Gasteiger partial charge in [0.15, 0.2) is 0 Å². The molecule has 1 saturated carbocycles. The number of hydrogen-bond donors (Lipinski definition) is 1. The molecular formula is C9H12BrNO. The van der Waals surface area contributed by atoms with Crippen molar-refractivity contribution in [2.75, 3.05) is 0 Å². The van der Waals surface area contributed by atoms with Crippen molar-refractivity contribution in [3.8, 4) is 10.8 Å². The third-order valence-electron chi connectivity index (χ3n) is 2.42. The highest BCUT2D eigenvalue weighted by Gasteiger charge is 2.46. The van der Waals surface area contributed by atoms with Crippen LogP contribution in [0.5, 0.6) is 0 Å². The maximum absolute atomic E-state index is 11.1. The van der Waals surface area contributed by atoms with Gasteiger partial charge in [-0.3, -0.25) is 4.79 Å². The second-order valence-electron chi connectivity index (χ2n) is 3.48. The molecule has 1 aliphatic carbocycles. The smallest absolute Gasteiger partial charge is 0.297 e. The van der Waals surface area contributed by atoms with Crippen LogP contribution in [0.1, 0.15) is 26.7 Å². The lowest BCUT2D eigenvalue weighted by Gasteiger charge is -2.19. The molecule has 0 bridgehead atoms. The average Bonchev–Trinajstić information content (AvgIpc) is 2.69. The van der Waals surface area contributed by atoms with Gasteiger partial charge < -0.3 is 5.32 Å². The number of amides is 1. The Balaban J connectivity index is 2.49. The molecule has 1 amide bonds. The van der Waals surface area contributed by atoms with E-state index in [0.29, 0.717) is 5.92 Å². The van der Waals surface area contributed by atoms with Gasteiger partial charge in [-0.25, -0.2) is 0 Å². The molecule has 0 heterocycles. The summed E-state index contributed by atoms with van der Waals surface area (Å²) in [6.07, 6.45) is 2.17. The van der Waals surface area contributed by atoms with Gasteiger partial charge in [-0.15, -0.1) is 0 Å². The number of rotatable bonds is 2. The Labute approximate surface area is 81.2 Å². The van der Waals surface area contributed by atoms with Crippen molar-refractivity contribution in [3.05, 3.63) is 0 Å². The average molecular weight is 230 g/mol. The first-order valence-electron chi connectivity index (χ1n) is 4.04. The Morgan fingerprint density at radius 2 is 2.17 bits per heavy atom. The zero-order valence-electron chi connectivity index (χ0n) is 7.28. The molecule has 1 N–H and O–H groups in total. The zero-order chi connectivity index (χ0) is 9.19. The van der Waals surface area contributed by atoms with Gasteiger partial charge in [-0.05, 0) is 23.6 Å². The summed E-state index contributed by atoms with van der Waals surface area (Å²) in [6, 6.07) is 0. The van der Waals surface area contributed by atoms with Gasteiger partial charge in [0.2, 0.25) is 0 Å². The molecule has 1 rings (SSSR count). The van der Waals surface area contributed by atoms with E-state index in [1.165, 1.54) is 0 Å². The van der Waals surface area contributed by atoms with Crippen LogP contribution in [0.4, 0.5) is 0 Å². The lowest BCUT2D eigenvalue weighted by Crippen LogP contribution is -2.39. The monoisotopic (exact) mass is 229 g/mol. The molecule has 0 aromatic heterocycles. The van der Waals surface area contributed by atoms with Crippen LogP contribution in [0.3, 0.4) is 0 Å². The number of nitrogens with one attached hydrogen (secondary N) is 1. The third kappa shape index (κ3) is 2.01. The highest BCUT2D eigenvalue weighted by molar-refractivity contribution is 9.12. The molecule has 0 saturated heterocycles. The summed E-state index contributed by atoms with van der Waals surface area (Å²) in [5, 5.41) is 2.93. The van der Waals surface area contributed by atoms with E-state index in [2.05, 4.69) is 45.8 Å².